The van der Waals surface area contributed by atoms with Crippen LogP contribution in [-0.4, -0.2) is 34.8 Å². The van der Waals surface area contributed by atoms with Gasteiger partial charge in [-0.25, -0.2) is 13.6 Å². The Morgan fingerprint density at radius 1 is 1.19 bits per heavy atom. The van der Waals surface area contributed by atoms with Crippen LogP contribution in [0.4, 0.5) is 19.3 Å². The number of nitrogens with zero attached hydrogens (tertiary/aromatic N) is 1. The molecule has 1 aliphatic carbocycles. The number of carbonyl (C=O) groups is 3. The number of anilines is 1. The largest absolute Gasteiger partial charge is 0.325 e. The number of imide groups is 1. The Morgan fingerprint density at radius 2 is 1.77 bits per heavy atom. The Kier molecular flexibility index (Phi) is 4.68. The Hall–Kier alpha value is -2.51. The summed E-state index contributed by atoms with van der Waals surface area (Å²) in [6.07, 6.45) is 2.62. The normalized spacial score (nSPS) is 24.7. The van der Waals surface area contributed by atoms with E-state index in [1.54, 1.807) is 0 Å². The second-order valence-electron chi connectivity index (χ2n) is 7.13. The number of hydrogen-bond acceptors (Lipinski definition) is 3. The molecule has 0 unspecified atom stereocenters. The lowest BCUT2D eigenvalue weighted by Crippen LogP contribution is -2.59. The lowest BCUT2D eigenvalue weighted by Gasteiger charge is -2.42. The second-order valence-corrected chi connectivity index (χ2v) is 7.13. The highest BCUT2D eigenvalue weighted by Gasteiger charge is 2.58. The predicted octanol–water partition coefficient (Wildman–Crippen LogP) is 2.65. The molecule has 26 heavy (non-hydrogen) atoms. The van der Waals surface area contributed by atoms with E-state index in [9.17, 15) is 23.2 Å². The number of nitrogens with one attached hydrogen (secondary N) is 2. The third kappa shape index (κ3) is 3.04. The lowest BCUT2D eigenvalue weighted by atomic mass is 9.67. The Morgan fingerprint density at radius 3 is 2.35 bits per heavy atom. The molecule has 0 aromatic heterocycles. The standard InChI is InChI=1S/C18H21F2N3O3/c1-10-4-3-5-11(2)18(10)16(25)23(17(26)22-18)9-15(24)21-14-7-12(19)6-13(20)8-14/h6-8,10-11H,3-5,9H2,1-2H3,(H,21,24)(H,22,26)/t10-,11-/m1/s1. The summed E-state index contributed by atoms with van der Waals surface area (Å²) in [6, 6.07) is 1.98. The molecular formula is C18H21F2N3O3. The average Bonchev–Trinajstić information content (AvgIpc) is 2.77. The Balaban J connectivity index is 1.74. The number of rotatable bonds is 3. The van der Waals surface area contributed by atoms with Crippen molar-refractivity contribution in [3.05, 3.63) is 29.8 Å². The molecule has 0 bridgehead atoms. The van der Waals surface area contributed by atoms with Gasteiger partial charge in [0.2, 0.25) is 5.91 Å². The molecule has 3 rings (SSSR count). The van der Waals surface area contributed by atoms with E-state index in [4.69, 9.17) is 0 Å². The van der Waals surface area contributed by atoms with E-state index in [2.05, 4.69) is 10.6 Å². The van der Waals surface area contributed by atoms with Crippen LogP contribution in [0.3, 0.4) is 0 Å². The summed E-state index contributed by atoms with van der Waals surface area (Å²) in [7, 11) is 0. The van der Waals surface area contributed by atoms with Crippen molar-refractivity contribution < 1.29 is 23.2 Å². The summed E-state index contributed by atoms with van der Waals surface area (Å²) in [5.41, 5.74) is -1.06. The molecule has 6 nitrogen and oxygen atoms in total. The molecule has 140 valence electrons. The summed E-state index contributed by atoms with van der Waals surface area (Å²) < 4.78 is 26.4. The summed E-state index contributed by atoms with van der Waals surface area (Å²) in [4.78, 5) is 38.4. The molecule has 2 N–H and O–H groups in total. The summed E-state index contributed by atoms with van der Waals surface area (Å²) >= 11 is 0. The van der Waals surface area contributed by atoms with Crippen LogP contribution in [0.15, 0.2) is 18.2 Å². The van der Waals surface area contributed by atoms with Crippen LogP contribution in [-0.2, 0) is 9.59 Å². The second kappa shape index (κ2) is 6.66. The van der Waals surface area contributed by atoms with Crippen molar-refractivity contribution in [1.82, 2.24) is 10.2 Å². The molecule has 4 amide bonds. The highest BCUT2D eigenvalue weighted by molar-refractivity contribution is 6.10. The quantitative estimate of drug-likeness (QED) is 0.809. The molecule has 1 heterocycles. The minimum Gasteiger partial charge on any atom is -0.324 e. The maximum atomic E-state index is 13.2. The minimum absolute atomic E-state index is 0.0342. The van der Waals surface area contributed by atoms with E-state index in [-0.39, 0.29) is 17.5 Å². The van der Waals surface area contributed by atoms with Gasteiger partial charge < -0.3 is 10.6 Å². The molecule has 1 saturated heterocycles. The van der Waals surface area contributed by atoms with Crippen molar-refractivity contribution in [2.45, 2.75) is 38.6 Å². The van der Waals surface area contributed by atoms with E-state index in [1.807, 2.05) is 13.8 Å². The fourth-order valence-corrected chi connectivity index (χ4v) is 4.07. The molecule has 1 spiro atoms. The lowest BCUT2D eigenvalue weighted by molar-refractivity contribution is -0.138. The smallest absolute Gasteiger partial charge is 0.324 e. The van der Waals surface area contributed by atoms with E-state index >= 15 is 0 Å². The van der Waals surface area contributed by atoms with Gasteiger partial charge in [-0.2, -0.15) is 0 Å². The van der Waals surface area contributed by atoms with Crippen LogP contribution in [0, 0.1) is 23.5 Å². The average molecular weight is 365 g/mol. The van der Waals surface area contributed by atoms with E-state index in [0.29, 0.717) is 6.07 Å². The molecule has 8 heteroatoms. The van der Waals surface area contributed by atoms with Gasteiger partial charge in [0.05, 0.1) is 0 Å². The van der Waals surface area contributed by atoms with Crippen LogP contribution in [0.25, 0.3) is 0 Å². The number of amides is 4. The van der Waals surface area contributed by atoms with Crippen molar-refractivity contribution in [2.24, 2.45) is 11.8 Å². The van der Waals surface area contributed by atoms with Crippen molar-refractivity contribution in [1.29, 1.82) is 0 Å². The van der Waals surface area contributed by atoms with Crippen molar-refractivity contribution in [3.63, 3.8) is 0 Å². The molecule has 2 fully saturated rings. The predicted molar refractivity (Wildman–Crippen MR) is 90.1 cm³/mol. The molecule has 2 atom stereocenters. The van der Waals surface area contributed by atoms with E-state index in [0.717, 1.165) is 36.3 Å². The first-order chi connectivity index (χ1) is 12.2. The summed E-state index contributed by atoms with van der Waals surface area (Å²) in [5, 5.41) is 5.11. The topological polar surface area (TPSA) is 78.5 Å². The van der Waals surface area contributed by atoms with Gasteiger partial charge in [-0.1, -0.05) is 20.3 Å². The fourth-order valence-electron chi connectivity index (χ4n) is 4.07. The molecular weight excluding hydrogens is 344 g/mol. The first-order valence-corrected chi connectivity index (χ1v) is 8.64. The van der Waals surface area contributed by atoms with Crippen molar-refractivity contribution >= 4 is 23.5 Å². The van der Waals surface area contributed by atoms with Gasteiger partial charge >= 0.3 is 6.03 Å². The van der Waals surface area contributed by atoms with Gasteiger partial charge in [0.25, 0.3) is 5.91 Å². The zero-order valence-electron chi connectivity index (χ0n) is 14.6. The maximum Gasteiger partial charge on any atom is 0.325 e. The Bertz CT molecular complexity index is 738. The molecule has 0 radical (unpaired) electrons. The molecule has 1 saturated carbocycles. The van der Waals surface area contributed by atoms with Crippen LogP contribution < -0.4 is 10.6 Å². The van der Waals surface area contributed by atoms with Crippen molar-refractivity contribution in [2.75, 3.05) is 11.9 Å². The van der Waals surface area contributed by atoms with Crippen LogP contribution >= 0.6 is 0 Å². The van der Waals surface area contributed by atoms with Crippen molar-refractivity contribution in [3.8, 4) is 0 Å². The molecule has 2 aliphatic rings. The van der Waals surface area contributed by atoms with Gasteiger partial charge in [0.15, 0.2) is 0 Å². The number of carbonyl (C=O) groups excluding carboxylic acids is 3. The zero-order valence-corrected chi connectivity index (χ0v) is 14.6. The van der Waals surface area contributed by atoms with E-state index in [1.165, 1.54) is 0 Å². The highest BCUT2D eigenvalue weighted by Crippen LogP contribution is 2.42. The van der Waals surface area contributed by atoms with Crippen LogP contribution in [0.2, 0.25) is 0 Å². The first-order valence-electron chi connectivity index (χ1n) is 8.64. The van der Waals surface area contributed by atoms with Gasteiger partial charge in [-0.3, -0.25) is 14.5 Å². The van der Waals surface area contributed by atoms with Gasteiger partial charge in [-0.05, 0) is 36.8 Å². The first kappa shape index (κ1) is 18.3. The van der Waals surface area contributed by atoms with E-state index < -0.39 is 41.6 Å². The fraction of sp³-hybridized carbons (Fsp3) is 0.500. The number of urea groups is 1. The van der Waals surface area contributed by atoms with Gasteiger partial charge in [0.1, 0.15) is 23.7 Å². The number of benzene rings is 1. The van der Waals surface area contributed by atoms with Gasteiger partial charge in [-0.15, -0.1) is 0 Å². The third-order valence-electron chi connectivity index (χ3n) is 5.43. The minimum atomic E-state index is -0.986. The zero-order chi connectivity index (χ0) is 19.1. The Labute approximate surface area is 149 Å². The van der Waals surface area contributed by atoms with Crippen LogP contribution in [0.1, 0.15) is 33.1 Å². The molecule has 1 aliphatic heterocycles. The summed E-state index contributed by atoms with van der Waals surface area (Å²) in [6.45, 7) is 3.34. The molecule has 1 aromatic rings. The van der Waals surface area contributed by atoms with Gasteiger partial charge in [0, 0.05) is 11.8 Å². The highest BCUT2D eigenvalue weighted by atomic mass is 19.1. The monoisotopic (exact) mass is 365 g/mol. The maximum absolute atomic E-state index is 13.2. The molecule has 1 aromatic carbocycles. The van der Waals surface area contributed by atoms with Crippen LogP contribution in [0.5, 0.6) is 0 Å². The SMILES string of the molecule is C[C@@H]1CCC[C@@H](C)C12NC(=O)N(CC(=O)Nc1cc(F)cc(F)c1)C2=O. The number of halogens is 2. The summed E-state index contributed by atoms with van der Waals surface area (Å²) in [5.74, 6) is -2.85. The third-order valence-corrected chi connectivity index (χ3v) is 5.43. The number of hydrogen-bond donors (Lipinski definition) is 2.